The van der Waals surface area contributed by atoms with Crippen molar-refractivity contribution in [2.45, 2.75) is 19.9 Å². The van der Waals surface area contributed by atoms with E-state index in [0.717, 1.165) is 18.2 Å². The van der Waals surface area contributed by atoms with Crippen molar-refractivity contribution < 1.29 is 36.2 Å². The quantitative estimate of drug-likeness (QED) is 0.767. The highest BCUT2D eigenvalue weighted by Crippen LogP contribution is 2.34. The van der Waals surface area contributed by atoms with Crippen LogP contribution in [0.1, 0.15) is 6.92 Å². The first-order valence-corrected chi connectivity index (χ1v) is 4.79. The van der Waals surface area contributed by atoms with Crippen molar-refractivity contribution in [2.24, 2.45) is 0 Å². The van der Waals surface area contributed by atoms with Gasteiger partial charge in [-0.25, -0.2) is 0 Å². The van der Waals surface area contributed by atoms with E-state index in [1.54, 1.807) is 6.92 Å². The average Bonchev–Trinajstić information content (AvgIpc) is 2.19. The Labute approximate surface area is 99.1 Å². The highest BCUT2D eigenvalue weighted by Gasteiger charge is 2.31. The SMILES string of the molecule is CCOc1cc(OC(F)(F)F)ccc1OC(F)F. The van der Waals surface area contributed by atoms with Gasteiger partial charge in [0.2, 0.25) is 0 Å². The van der Waals surface area contributed by atoms with Crippen LogP contribution >= 0.6 is 0 Å². The fourth-order valence-electron chi connectivity index (χ4n) is 1.15. The Morgan fingerprint density at radius 2 is 1.83 bits per heavy atom. The van der Waals surface area contributed by atoms with E-state index in [2.05, 4.69) is 9.47 Å². The third kappa shape index (κ3) is 4.64. The third-order valence-corrected chi connectivity index (χ3v) is 1.66. The molecule has 0 aliphatic rings. The molecule has 1 rings (SSSR count). The molecule has 0 aromatic heterocycles. The van der Waals surface area contributed by atoms with E-state index in [-0.39, 0.29) is 18.1 Å². The fourth-order valence-corrected chi connectivity index (χ4v) is 1.15. The van der Waals surface area contributed by atoms with Gasteiger partial charge in [0.15, 0.2) is 11.5 Å². The summed E-state index contributed by atoms with van der Waals surface area (Å²) in [6, 6.07) is 2.60. The number of benzene rings is 1. The van der Waals surface area contributed by atoms with Gasteiger partial charge < -0.3 is 14.2 Å². The summed E-state index contributed by atoms with van der Waals surface area (Å²) in [6.07, 6.45) is -4.87. The van der Waals surface area contributed by atoms with E-state index in [0.29, 0.717) is 0 Å². The summed E-state index contributed by atoms with van der Waals surface area (Å²) < 4.78 is 72.5. The molecule has 0 bridgehead atoms. The lowest BCUT2D eigenvalue weighted by Gasteiger charge is -2.14. The Hall–Kier alpha value is -1.73. The maximum atomic E-state index is 12.0. The van der Waals surface area contributed by atoms with Gasteiger partial charge >= 0.3 is 13.0 Å². The van der Waals surface area contributed by atoms with Gasteiger partial charge in [0, 0.05) is 6.07 Å². The van der Waals surface area contributed by atoms with Crippen LogP contribution in [-0.4, -0.2) is 19.6 Å². The molecule has 0 radical (unpaired) electrons. The molecule has 0 spiro atoms. The van der Waals surface area contributed by atoms with Crippen molar-refractivity contribution >= 4 is 0 Å². The summed E-state index contributed by atoms with van der Waals surface area (Å²) in [5, 5.41) is 0. The zero-order chi connectivity index (χ0) is 13.8. The van der Waals surface area contributed by atoms with Gasteiger partial charge in [-0.15, -0.1) is 13.2 Å². The molecule has 1 aromatic rings. The molecule has 0 aliphatic carbocycles. The highest BCUT2D eigenvalue weighted by molar-refractivity contribution is 5.45. The van der Waals surface area contributed by atoms with Gasteiger partial charge in [-0.1, -0.05) is 0 Å². The fraction of sp³-hybridized carbons (Fsp3) is 0.400. The standard InChI is InChI=1S/C10H9F5O3/c1-2-16-8-5-6(18-10(13,14)15)3-4-7(8)17-9(11)12/h3-5,9H,2H2,1H3. The molecular weight excluding hydrogens is 263 g/mol. The van der Waals surface area contributed by atoms with Gasteiger partial charge in [0.25, 0.3) is 0 Å². The van der Waals surface area contributed by atoms with Crippen molar-refractivity contribution in [1.82, 2.24) is 0 Å². The van der Waals surface area contributed by atoms with Crippen molar-refractivity contribution in [3.63, 3.8) is 0 Å². The van der Waals surface area contributed by atoms with Gasteiger partial charge in [0.05, 0.1) is 6.61 Å². The molecule has 1 aromatic carbocycles. The van der Waals surface area contributed by atoms with Crippen LogP contribution in [-0.2, 0) is 0 Å². The molecule has 102 valence electrons. The summed E-state index contributed by atoms with van der Waals surface area (Å²) in [4.78, 5) is 0. The van der Waals surface area contributed by atoms with E-state index in [1.807, 2.05) is 0 Å². The second-order valence-corrected chi connectivity index (χ2v) is 2.97. The second-order valence-electron chi connectivity index (χ2n) is 2.97. The van der Waals surface area contributed by atoms with Crippen molar-refractivity contribution in [2.75, 3.05) is 6.61 Å². The lowest BCUT2D eigenvalue weighted by molar-refractivity contribution is -0.274. The lowest BCUT2D eigenvalue weighted by atomic mass is 10.3. The molecule has 3 nitrogen and oxygen atoms in total. The zero-order valence-corrected chi connectivity index (χ0v) is 9.13. The van der Waals surface area contributed by atoms with Crippen LogP contribution in [0.2, 0.25) is 0 Å². The number of ether oxygens (including phenoxy) is 3. The van der Waals surface area contributed by atoms with Crippen LogP contribution in [0, 0.1) is 0 Å². The summed E-state index contributed by atoms with van der Waals surface area (Å²) in [6.45, 7) is -1.48. The Morgan fingerprint density at radius 3 is 2.33 bits per heavy atom. The first-order chi connectivity index (χ1) is 8.31. The highest BCUT2D eigenvalue weighted by atomic mass is 19.4. The Bertz CT molecular complexity index is 392. The maximum Gasteiger partial charge on any atom is 0.573 e. The minimum absolute atomic E-state index is 0.0784. The largest absolute Gasteiger partial charge is 0.573 e. The average molecular weight is 272 g/mol. The predicted molar refractivity (Wildman–Crippen MR) is 50.9 cm³/mol. The minimum atomic E-state index is -4.87. The smallest absolute Gasteiger partial charge is 0.490 e. The number of hydrogen-bond acceptors (Lipinski definition) is 3. The van der Waals surface area contributed by atoms with E-state index < -0.39 is 18.7 Å². The van der Waals surface area contributed by atoms with Crippen LogP contribution in [0.25, 0.3) is 0 Å². The van der Waals surface area contributed by atoms with Crippen LogP contribution in [0.3, 0.4) is 0 Å². The molecule has 0 saturated carbocycles. The van der Waals surface area contributed by atoms with E-state index in [4.69, 9.17) is 4.74 Å². The predicted octanol–water partition coefficient (Wildman–Crippen LogP) is 3.59. The number of halogens is 5. The number of hydrogen-bond donors (Lipinski definition) is 0. The minimum Gasteiger partial charge on any atom is -0.490 e. The second kappa shape index (κ2) is 5.74. The molecule has 0 atom stereocenters. The molecule has 0 saturated heterocycles. The van der Waals surface area contributed by atoms with Gasteiger partial charge in [-0.05, 0) is 19.1 Å². The Morgan fingerprint density at radius 1 is 1.17 bits per heavy atom. The van der Waals surface area contributed by atoms with Crippen LogP contribution in [0.4, 0.5) is 22.0 Å². The molecule has 0 fully saturated rings. The molecule has 8 heteroatoms. The molecule has 0 amide bonds. The van der Waals surface area contributed by atoms with Gasteiger partial charge in [-0.2, -0.15) is 8.78 Å². The molecular formula is C10H9F5O3. The first-order valence-electron chi connectivity index (χ1n) is 4.79. The summed E-state index contributed by atoms with van der Waals surface area (Å²) in [7, 11) is 0. The number of alkyl halides is 5. The topological polar surface area (TPSA) is 27.7 Å². The normalized spacial score (nSPS) is 11.5. The van der Waals surface area contributed by atoms with Gasteiger partial charge in [-0.3, -0.25) is 0 Å². The van der Waals surface area contributed by atoms with Crippen LogP contribution < -0.4 is 14.2 Å². The lowest BCUT2D eigenvalue weighted by Crippen LogP contribution is -2.17. The Balaban J connectivity index is 2.95. The zero-order valence-electron chi connectivity index (χ0n) is 9.13. The van der Waals surface area contributed by atoms with Gasteiger partial charge in [0.1, 0.15) is 5.75 Å². The molecule has 0 N–H and O–H groups in total. The molecule has 0 aliphatic heterocycles. The first kappa shape index (κ1) is 14.3. The Kier molecular flexibility index (Phi) is 4.57. The molecule has 0 heterocycles. The van der Waals surface area contributed by atoms with Crippen LogP contribution in [0.5, 0.6) is 17.2 Å². The summed E-state index contributed by atoms with van der Waals surface area (Å²) in [5.41, 5.74) is 0. The van der Waals surface area contributed by atoms with E-state index in [9.17, 15) is 22.0 Å². The molecule has 18 heavy (non-hydrogen) atoms. The molecule has 0 unspecified atom stereocenters. The summed E-state index contributed by atoms with van der Waals surface area (Å²) in [5.74, 6) is -1.19. The monoisotopic (exact) mass is 272 g/mol. The third-order valence-electron chi connectivity index (χ3n) is 1.66. The maximum absolute atomic E-state index is 12.0. The van der Waals surface area contributed by atoms with Crippen molar-refractivity contribution in [1.29, 1.82) is 0 Å². The van der Waals surface area contributed by atoms with E-state index in [1.165, 1.54) is 0 Å². The summed E-state index contributed by atoms with van der Waals surface area (Å²) >= 11 is 0. The van der Waals surface area contributed by atoms with Crippen molar-refractivity contribution in [3.8, 4) is 17.2 Å². The van der Waals surface area contributed by atoms with Crippen molar-refractivity contribution in [3.05, 3.63) is 18.2 Å². The number of rotatable bonds is 5. The van der Waals surface area contributed by atoms with Crippen LogP contribution in [0.15, 0.2) is 18.2 Å². The van der Waals surface area contributed by atoms with E-state index >= 15 is 0 Å².